The van der Waals surface area contributed by atoms with Gasteiger partial charge in [-0.2, -0.15) is 39.5 Å². The summed E-state index contributed by atoms with van der Waals surface area (Å²) in [7, 11) is 4.04. The number of hydrogen-bond acceptors (Lipinski definition) is 9. The molecule has 20 heteroatoms. The molecule has 2 saturated carbocycles. The van der Waals surface area contributed by atoms with Crippen molar-refractivity contribution < 1.29 is 62.8 Å². The minimum Gasteiger partial charge on any atom is -0.494 e. The Morgan fingerprint density at radius 2 is 1.43 bits per heavy atom. The molecule has 4 unspecified atom stereocenters. The van der Waals surface area contributed by atoms with E-state index in [1.54, 1.807) is 0 Å². The first kappa shape index (κ1) is 62.1. The van der Waals surface area contributed by atoms with E-state index in [0.717, 1.165) is 82.1 Å². The first-order chi connectivity index (χ1) is 32.3. The molecule has 69 heavy (non-hydrogen) atoms. The van der Waals surface area contributed by atoms with Gasteiger partial charge in [0.25, 0.3) is 8.53 Å². The maximum Gasteiger partial charge on any atom is 0.435 e. The molecule has 0 heterocycles. The van der Waals surface area contributed by atoms with Crippen molar-refractivity contribution in [2.45, 2.75) is 186 Å². The van der Waals surface area contributed by atoms with E-state index in [1.165, 1.54) is 23.1 Å². The van der Waals surface area contributed by atoms with E-state index in [2.05, 4.69) is 80.9 Å². The van der Waals surface area contributed by atoms with Gasteiger partial charge in [-0.1, -0.05) is 61.3 Å². The number of aryl methyl sites for hydroxylation is 1. The number of halogens is 9. The summed E-state index contributed by atoms with van der Waals surface area (Å²) in [5, 5.41) is 0. The summed E-state index contributed by atoms with van der Waals surface area (Å²) in [6.07, 6.45) is -9.28. The molecule has 4 rings (SSSR count). The molecule has 400 valence electrons. The zero-order valence-corrected chi connectivity index (χ0v) is 44.9. The highest BCUT2D eigenvalue weighted by atomic mass is 33.1. The third-order valence-electron chi connectivity index (χ3n) is 13.6. The van der Waals surface area contributed by atoms with Crippen LogP contribution in [0.15, 0.2) is 18.2 Å². The van der Waals surface area contributed by atoms with E-state index in [0.29, 0.717) is 56.2 Å². The van der Waals surface area contributed by atoms with Crippen molar-refractivity contribution >= 4 is 30.1 Å². The second kappa shape index (κ2) is 27.9. The Balaban J connectivity index is 0.00000622. The van der Waals surface area contributed by atoms with Gasteiger partial charge in [-0.15, -0.1) is 0 Å². The Morgan fingerprint density at radius 1 is 0.812 bits per heavy atom. The van der Waals surface area contributed by atoms with Crippen LogP contribution in [0.2, 0.25) is 0 Å². The fraction of sp³-hybridized carbons (Fsp3) is 0.857. The van der Waals surface area contributed by atoms with Gasteiger partial charge in [-0.05, 0) is 153 Å². The quantitative estimate of drug-likeness (QED) is 0.0269. The van der Waals surface area contributed by atoms with E-state index in [1.807, 2.05) is 35.4 Å². The van der Waals surface area contributed by atoms with Gasteiger partial charge < -0.3 is 33.0 Å². The molecule has 0 amide bonds. The summed E-state index contributed by atoms with van der Waals surface area (Å²) in [6, 6.07) is 7.14. The average Bonchev–Trinajstić information content (AvgIpc) is 3.59. The molecule has 1 aromatic carbocycles. The second-order valence-electron chi connectivity index (χ2n) is 19.6. The highest BCUT2D eigenvalue weighted by Gasteiger charge is 2.85. The van der Waals surface area contributed by atoms with Gasteiger partial charge in [-0.3, -0.25) is 0 Å². The number of hydrogen-bond donors (Lipinski definition) is 0. The lowest BCUT2D eigenvalue weighted by Gasteiger charge is -2.50. The highest BCUT2D eigenvalue weighted by Crippen LogP contribution is 2.62. The van der Waals surface area contributed by atoms with E-state index < -0.39 is 45.8 Å². The molecule has 6 atom stereocenters. The molecule has 2 fully saturated rings. The first-order valence-electron chi connectivity index (χ1n) is 24.7. The first-order valence-corrected chi connectivity index (χ1v) is 28.1. The molecule has 3 aliphatic rings. The van der Waals surface area contributed by atoms with E-state index in [-0.39, 0.29) is 29.4 Å². The normalized spacial score (nSPS) is 22.6. The van der Waals surface area contributed by atoms with Crippen LogP contribution in [0.1, 0.15) is 144 Å². The fourth-order valence-corrected chi connectivity index (χ4v) is 14.5. The van der Waals surface area contributed by atoms with Crippen molar-refractivity contribution in [1.82, 2.24) is 9.57 Å². The van der Waals surface area contributed by atoms with Crippen LogP contribution in [0.25, 0.3) is 4.85 Å². The number of rotatable bonds is 28. The monoisotopic (exact) mass is 1060 g/mol. The standard InChI is InChI=1S/C47H73F9N3O5PS2.C2H6/c1-33(2)59(34(3)4)65(64-28-23-57-8)63-26-12-10-11-13-31-66-67-42(5,6)22-27-60-36-15-17-37-35(32-36)14-16-39-38(37)20-21-43(7)40(39)18-19-41(43)61-29-24-58(9)25-30-62-44(45(48,49)50,46(51,52)53)47(54,55)56;1-2/h15,17,32-34,38-41H,10-14,16,18-31H2,1-7,9H3;1-2H3/t38?,39?,40?,41-,43-,65?;/m0./s1. The largest absolute Gasteiger partial charge is 0.494 e. The van der Waals surface area contributed by atoms with Gasteiger partial charge in [0.05, 0.1) is 32.5 Å². The smallest absolute Gasteiger partial charge is 0.435 e. The second-order valence-corrected chi connectivity index (χ2v) is 24.2. The van der Waals surface area contributed by atoms with Crippen molar-refractivity contribution in [2.75, 3.05) is 65.5 Å². The molecule has 0 aliphatic heterocycles. The van der Waals surface area contributed by atoms with Crippen LogP contribution in [-0.2, 0) is 24.9 Å². The number of benzene rings is 1. The number of alkyl halides is 9. The Bertz CT molecular complexity index is 1660. The van der Waals surface area contributed by atoms with Gasteiger partial charge in [0.15, 0.2) is 0 Å². The fourth-order valence-electron chi connectivity index (χ4n) is 10.1. The van der Waals surface area contributed by atoms with Crippen molar-refractivity contribution in [2.24, 2.45) is 17.3 Å². The molecule has 1 aromatic rings. The third kappa shape index (κ3) is 16.9. The molecular formula is C49H79F9N3O5PS2. The van der Waals surface area contributed by atoms with Crippen molar-refractivity contribution in [3.05, 3.63) is 40.7 Å². The molecular weight excluding hydrogens is 977 g/mol. The zero-order chi connectivity index (χ0) is 51.8. The summed E-state index contributed by atoms with van der Waals surface area (Å²) in [6.45, 7) is 26.6. The van der Waals surface area contributed by atoms with Crippen LogP contribution in [0, 0.1) is 23.8 Å². The van der Waals surface area contributed by atoms with Crippen LogP contribution in [0.4, 0.5) is 39.5 Å². The van der Waals surface area contributed by atoms with Crippen LogP contribution in [0.3, 0.4) is 0 Å². The van der Waals surface area contributed by atoms with Gasteiger partial charge >= 0.3 is 24.1 Å². The van der Waals surface area contributed by atoms with E-state index in [9.17, 15) is 39.5 Å². The lowest BCUT2D eigenvalue weighted by atomic mass is 9.55. The molecule has 0 radical (unpaired) electrons. The minimum absolute atomic E-state index is 0.0541. The van der Waals surface area contributed by atoms with Crippen molar-refractivity contribution in [3.63, 3.8) is 0 Å². The van der Waals surface area contributed by atoms with Gasteiger partial charge in [0, 0.05) is 35.7 Å². The van der Waals surface area contributed by atoms with Gasteiger partial charge in [0.2, 0.25) is 6.54 Å². The lowest BCUT2D eigenvalue weighted by molar-refractivity contribution is -0.457. The predicted molar refractivity (Wildman–Crippen MR) is 262 cm³/mol. The highest BCUT2D eigenvalue weighted by molar-refractivity contribution is 8.77. The zero-order valence-electron chi connectivity index (χ0n) is 42.4. The topological polar surface area (TPSA) is 57.0 Å². The Morgan fingerprint density at radius 3 is 2.06 bits per heavy atom. The molecule has 0 spiro atoms. The predicted octanol–water partition coefficient (Wildman–Crippen LogP) is 15.1. The Kier molecular flexibility index (Phi) is 25.1. The van der Waals surface area contributed by atoms with E-state index >= 15 is 0 Å². The van der Waals surface area contributed by atoms with Crippen LogP contribution < -0.4 is 4.74 Å². The average molecular weight is 1060 g/mol. The van der Waals surface area contributed by atoms with Crippen LogP contribution in [0.5, 0.6) is 5.75 Å². The number of fused-ring (bicyclic) bond motifs is 5. The van der Waals surface area contributed by atoms with Gasteiger partial charge in [-0.25, -0.2) is 11.2 Å². The molecule has 3 aliphatic carbocycles. The van der Waals surface area contributed by atoms with Crippen molar-refractivity contribution in [1.29, 1.82) is 0 Å². The number of nitrogens with zero attached hydrogens (tertiary/aromatic N) is 3. The Labute approximate surface area is 416 Å². The van der Waals surface area contributed by atoms with Crippen molar-refractivity contribution in [3.8, 4) is 5.75 Å². The van der Waals surface area contributed by atoms with E-state index in [4.69, 9.17) is 25.1 Å². The number of unbranched alkanes of at least 4 members (excludes halogenated alkanes) is 3. The Hall–Kier alpha value is -1.23. The minimum atomic E-state index is -6.75. The maximum absolute atomic E-state index is 13.2. The third-order valence-corrected chi connectivity index (χ3v) is 19.2. The maximum atomic E-state index is 13.2. The summed E-state index contributed by atoms with van der Waals surface area (Å²) in [5.74, 6) is 3.32. The summed E-state index contributed by atoms with van der Waals surface area (Å²) in [4.78, 5) is 4.71. The number of likely N-dealkylation sites (N-methyl/N-ethyl adjacent to an activating group) is 1. The number of ether oxygens (including phenoxy) is 3. The molecule has 0 bridgehead atoms. The van der Waals surface area contributed by atoms with Crippen LogP contribution in [-0.4, -0.2) is 122 Å². The molecule has 0 aromatic heterocycles. The molecule has 0 saturated heterocycles. The summed E-state index contributed by atoms with van der Waals surface area (Å²) >= 11 is 0. The molecule has 8 nitrogen and oxygen atoms in total. The lowest BCUT2D eigenvalue weighted by Crippen LogP contribution is -2.68. The van der Waals surface area contributed by atoms with Gasteiger partial charge in [0.1, 0.15) is 12.4 Å². The summed E-state index contributed by atoms with van der Waals surface area (Å²) in [5.41, 5.74) is -3.64. The molecule has 0 N–H and O–H groups in total. The van der Waals surface area contributed by atoms with Crippen LogP contribution >= 0.6 is 30.1 Å². The SMILES string of the molecule is CC.[C-]#[N+]CCOP(OCCCCCCSSC(C)(C)CCOc1ccc2c(c1)CCC1C2CC[C@@]2(C)C1CC[C@@H]2OCCN(C)CCOC(C(F)(F)F)(C(F)(F)F)C(F)(F)F)N(C(C)C)C(C)C. The summed E-state index contributed by atoms with van der Waals surface area (Å²) < 4.78 is 150.